The lowest BCUT2D eigenvalue weighted by atomic mass is 9.93. The average Bonchev–Trinajstić information content (AvgIpc) is 3.37. The number of carbonyl (C=O) groups is 1. The molecule has 0 spiro atoms. The van der Waals surface area contributed by atoms with Gasteiger partial charge in [0.2, 0.25) is 0 Å². The molecule has 0 amide bonds. The Morgan fingerprint density at radius 2 is 2.04 bits per heavy atom. The van der Waals surface area contributed by atoms with Gasteiger partial charge in [0, 0.05) is 29.8 Å². The summed E-state index contributed by atoms with van der Waals surface area (Å²) in [7, 11) is 0. The zero-order valence-corrected chi connectivity index (χ0v) is 17.7. The highest BCUT2D eigenvalue weighted by molar-refractivity contribution is 7.81. The summed E-state index contributed by atoms with van der Waals surface area (Å²) in [6.07, 6.45) is 6.00. The first kappa shape index (κ1) is 22.9. The molecule has 152 valence electrons. The Balaban J connectivity index is 0.00000140. The number of hydrogen-bond donors (Lipinski definition) is 2. The number of thiol groups is 1. The molecule has 2 aromatic rings. The predicted octanol–water partition coefficient (Wildman–Crippen LogP) is 3.90. The van der Waals surface area contributed by atoms with Crippen LogP contribution >= 0.6 is 37.4 Å². The van der Waals surface area contributed by atoms with Crippen LogP contribution in [-0.2, 0) is 4.79 Å². The van der Waals surface area contributed by atoms with Gasteiger partial charge in [-0.25, -0.2) is 9.37 Å². The Morgan fingerprint density at radius 3 is 2.68 bits per heavy atom. The maximum atomic E-state index is 14.5. The molecule has 9 heteroatoms. The van der Waals surface area contributed by atoms with E-state index in [9.17, 15) is 9.18 Å². The van der Waals surface area contributed by atoms with E-state index in [1.165, 1.54) is 12.4 Å². The van der Waals surface area contributed by atoms with Crippen molar-refractivity contribution in [2.24, 2.45) is 5.92 Å². The van der Waals surface area contributed by atoms with Crippen molar-refractivity contribution in [1.29, 1.82) is 0 Å². The molecule has 0 bridgehead atoms. The molecule has 2 fully saturated rings. The van der Waals surface area contributed by atoms with E-state index in [0.29, 0.717) is 24.5 Å². The number of hydrogen-bond acceptors (Lipinski definition) is 5. The zero-order valence-electron chi connectivity index (χ0n) is 15.1. The van der Waals surface area contributed by atoms with Crippen LogP contribution in [0, 0.1) is 11.7 Å². The quantitative estimate of drug-likeness (QED) is 0.686. The van der Waals surface area contributed by atoms with Gasteiger partial charge in [0.15, 0.2) is 5.78 Å². The van der Waals surface area contributed by atoms with Gasteiger partial charge in [-0.1, -0.05) is 18.2 Å². The lowest BCUT2D eigenvalue weighted by Gasteiger charge is -2.37. The van der Waals surface area contributed by atoms with Crippen molar-refractivity contribution >= 4 is 49.3 Å². The Labute approximate surface area is 181 Å². The van der Waals surface area contributed by atoms with Crippen LogP contribution in [0.3, 0.4) is 0 Å². The minimum atomic E-state index is -0.539. The van der Waals surface area contributed by atoms with Gasteiger partial charge in [-0.3, -0.25) is 14.8 Å². The Morgan fingerprint density at radius 1 is 1.29 bits per heavy atom. The van der Waals surface area contributed by atoms with Crippen molar-refractivity contribution in [2.45, 2.75) is 30.6 Å². The van der Waals surface area contributed by atoms with Crippen LogP contribution in [0.15, 0.2) is 36.2 Å². The van der Waals surface area contributed by atoms with Crippen LogP contribution in [0.2, 0.25) is 0 Å². The molecule has 5 nitrogen and oxygen atoms in total. The molecule has 2 heterocycles. The summed E-state index contributed by atoms with van der Waals surface area (Å²) in [6.45, 7) is 1.27. The number of Topliss-reactive ketones (excluding diaryl/α,β-unsaturated/α-hetero) is 1. The van der Waals surface area contributed by atoms with E-state index in [-0.39, 0.29) is 47.6 Å². The van der Waals surface area contributed by atoms with Gasteiger partial charge in [0.1, 0.15) is 18.0 Å². The topological polar surface area (TPSA) is 61.9 Å². The number of ketones is 1. The number of H-pyrrole nitrogens is 1. The SMILES string of the molecule is Cl.Cl.O=C(C1CC1)C(c1ccccc1F)N1CCC(S)C(=Cc2ncn[nH]2)C1. The molecule has 1 saturated carbocycles. The number of nitrogens with one attached hydrogen (secondary N) is 1. The van der Waals surface area contributed by atoms with E-state index in [0.717, 1.165) is 24.8 Å². The van der Waals surface area contributed by atoms with E-state index in [1.807, 2.05) is 6.08 Å². The monoisotopic (exact) mass is 444 g/mol. The van der Waals surface area contributed by atoms with Crippen LogP contribution in [-0.4, -0.2) is 44.2 Å². The molecule has 1 aromatic heterocycles. The Bertz CT molecular complexity index is 829. The number of carbonyl (C=O) groups excluding carboxylic acids is 1. The van der Waals surface area contributed by atoms with Gasteiger partial charge in [0.05, 0.1) is 6.04 Å². The highest BCUT2D eigenvalue weighted by Crippen LogP contribution is 2.39. The number of piperidine rings is 1. The molecular formula is C19H23Cl2FN4OS. The standard InChI is InChI=1S/C19H21FN4OS.2ClH/c20-15-4-2-1-3-14(15)18(19(25)12-5-6-12)24-8-7-16(26)13(10-24)9-17-21-11-22-23-17;;/h1-4,9,11-12,16,18,26H,5-8,10H2,(H,21,22,23);2*1H. The van der Waals surface area contributed by atoms with E-state index >= 15 is 0 Å². The third-order valence-corrected chi connectivity index (χ3v) is 5.66. The summed E-state index contributed by atoms with van der Waals surface area (Å²) < 4.78 is 14.5. The van der Waals surface area contributed by atoms with Gasteiger partial charge in [-0.2, -0.15) is 17.7 Å². The third kappa shape index (κ3) is 4.95. The van der Waals surface area contributed by atoms with Gasteiger partial charge in [-0.15, -0.1) is 24.8 Å². The van der Waals surface area contributed by atoms with Crippen molar-refractivity contribution in [1.82, 2.24) is 20.1 Å². The Kier molecular flexibility index (Phi) is 8.07. The van der Waals surface area contributed by atoms with Crippen LogP contribution in [0.5, 0.6) is 0 Å². The highest BCUT2D eigenvalue weighted by Gasteiger charge is 2.40. The van der Waals surface area contributed by atoms with Gasteiger partial charge < -0.3 is 0 Å². The largest absolute Gasteiger partial charge is 0.297 e. The molecule has 1 aromatic carbocycles. The van der Waals surface area contributed by atoms with E-state index in [4.69, 9.17) is 0 Å². The van der Waals surface area contributed by atoms with Gasteiger partial charge in [-0.05, 0) is 37.0 Å². The Hall–Kier alpha value is -1.41. The van der Waals surface area contributed by atoms with Crippen LogP contribution in [0.25, 0.3) is 6.08 Å². The first-order chi connectivity index (χ1) is 12.6. The fourth-order valence-corrected chi connectivity index (χ4v) is 3.80. The molecule has 2 atom stereocenters. The first-order valence-corrected chi connectivity index (χ1v) is 9.41. The third-order valence-electron chi connectivity index (χ3n) is 5.07. The van der Waals surface area contributed by atoms with Crippen LogP contribution < -0.4 is 0 Å². The maximum absolute atomic E-state index is 14.5. The number of rotatable bonds is 5. The molecule has 28 heavy (non-hydrogen) atoms. The minimum Gasteiger partial charge on any atom is -0.297 e. The van der Waals surface area contributed by atoms with Crippen LogP contribution in [0.4, 0.5) is 4.39 Å². The lowest BCUT2D eigenvalue weighted by molar-refractivity contribution is -0.126. The highest BCUT2D eigenvalue weighted by atomic mass is 35.5. The van der Waals surface area contributed by atoms with E-state index in [1.54, 1.807) is 18.2 Å². The number of aromatic nitrogens is 3. The molecule has 1 aliphatic heterocycles. The molecule has 2 unspecified atom stereocenters. The normalized spacial score (nSPS) is 22.2. The molecule has 2 aliphatic rings. The molecule has 1 aliphatic carbocycles. The fraction of sp³-hybridized carbons (Fsp3) is 0.421. The molecule has 4 rings (SSSR count). The second-order valence-electron chi connectivity index (χ2n) is 6.97. The fourth-order valence-electron chi connectivity index (χ4n) is 3.53. The van der Waals surface area contributed by atoms with Crippen molar-refractivity contribution < 1.29 is 9.18 Å². The van der Waals surface area contributed by atoms with Gasteiger partial charge >= 0.3 is 0 Å². The lowest BCUT2D eigenvalue weighted by Crippen LogP contribution is -2.42. The summed E-state index contributed by atoms with van der Waals surface area (Å²) in [6, 6.07) is 6.07. The second kappa shape index (κ2) is 9.87. The van der Waals surface area contributed by atoms with Crippen LogP contribution in [0.1, 0.15) is 36.7 Å². The van der Waals surface area contributed by atoms with Crippen molar-refractivity contribution in [2.75, 3.05) is 13.1 Å². The van der Waals surface area contributed by atoms with Crippen molar-refractivity contribution in [3.63, 3.8) is 0 Å². The number of aromatic amines is 1. The number of nitrogens with zero attached hydrogens (tertiary/aromatic N) is 3. The van der Waals surface area contributed by atoms with Crippen molar-refractivity contribution in [3.05, 3.63) is 53.4 Å². The predicted molar refractivity (Wildman–Crippen MR) is 115 cm³/mol. The van der Waals surface area contributed by atoms with Gasteiger partial charge in [0.25, 0.3) is 0 Å². The average molecular weight is 445 g/mol. The minimum absolute atomic E-state index is 0. The zero-order chi connectivity index (χ0) is 18.1. The maximum Gasteiger partial charge on any atom is 0.157 e. The van der Waals surface area contributed by atoms with Crippen molar-refractivity contribution in [3.8, 4) is 0 Å². The molecule has 1 saturated heterocycles. The second-order valence-corrected chi connectivity index (χ2v) is 7.59. The summed E-state index contributed by atoms with van der Waals surface area (Å²) in [4.78, 5) is 19.2. The summed E-state index contributed by atoms with van der Waals surface area (Å²) >= 11 is 4.67. The van der Waals surface area contributed by atoms with E-state index in [2.05, 4.69) is 32.7 Å². The number of halogens is 3. The number of benzene rings is 1. The number of likely N-dealkylation sites (tertiary alicyclic amines) is 1. The summed E-state index contributed by atoms with van der Waals surface area (Å²) in [5.41, 5.74) is 1.53. The smallest absolute Gasteiger partial charge is 0.157 e. The summed E-state index contributed by atoms with van der Waals surface area (Å²) in [5, 5.41) is 6.78. The van der Waals surface area contributed by atoms with E-state index < -0.39 is 6.04 Å². The summed E-state index contributed by atoms with van der Waals surface area (Å²) in [5.74, 6) is 0.541. The molecular weight excluding hydrogens is 422 g/mol. The molecule has 0 radical (unpaired) electrons. The molecule has 1 N–H and O–H groups in total. The first-order valence-electron chi connectivity index (χ1n) is 8.89.